The number of rotatable bonds is 1. The van der Waals surface area contributed by atoms with E-state index in [2.05, 4.69) is 0 Å². The van der Waals surface area contributed by atoms with E-state index >= 15 is 0 Å². The van der Waals surface area contributed by atoms with Crippen molar-refractivity contribution in [3.8, 4) is 0 Å². The van der Waals surface area contributed by atoms with Gasteiger partial charge in [-0.15, -0.1) is 0 Å². The smallest absolute Gasteiger partial charge is 0.237 e. The molecule has 1 aromatic rings. The molecule has 18 heavy (non-hydrogen) atoms. The van der Waals surface area contributed by atoms with E-state index in [9.17, 15) is 9.59 Å². The molecule has 3 rings (SSSR count). The molecule has 4 heteroatoms. The minimum Gasteiger partial charge on any atom is -0.274 e. The van der Waals surface area contributed by atoms with Crippen molar-refractivity contribution >= 4 is 29.1 Å². The summed E-state index contributed by atoms with van der Waals surface area (Å²) in [6.45, 7) is 0. The van der Waals surface area contributed by atoms with Gasteiger partial charge in [0.2, 0.25) is 11.8 Å². The largest absolute Gasteiger partial charge is 0.274 e. The van der Waals surface area contributed by atoms with Gasteiger partial charge in [0, 0.05) is 5.02 Å². The van der Waals surface area contributed by atoms with Crippen LogP contribution in [0.3, 0.4) is 0 Å². The monoisotopic (exact) mass is 263 g/mol. The number of imide groups is 1. The standard InChI is InChI=1S/C14H14ClNO2/c15-9-4-3-5-10(8-9)16-13(17)11-6-1-2-7-12(11)14(16)18/h3-5,8,11-12H,1-2,6-7H2/t11-,12-/m0/s1. The summed E-state index contributed by atoms with van der Waals surface area (Å²) in [6.07, 6.45) is 3.77. The van der Waals surface area contributed by atoms with Gasteiger partial charge in [0.15, 0.2) is 0 Å². The summed E-state index contributed by atoms with van der Waals surface area (Å²) in [6, 6.07) is 6.94. The maximum absolute atomic E-state index is 12.3. The highest BCUT2D eigenvalue weighted by atomic mass is 35.5. The van der Waals surface area contributed by atoms with E-state index in [-0.39, 0.29) is 23.7 Å². The van der Waals surface area contributed by atoms with Crippen LogP contribution in [0.2, 0.25) is 5.02 Å². The van der Waals surface area contributed by atoms with Gasteiger partial charge in [-0.1, -0.05) is 30.5 Å². The van der Waals surface area contributed by atoms with Crippen molar-refractivity contribution in [2.75, 3.05) is 4.90 Å². The van der Waals surface area contributed by atoms with Crippen LogP contribution < -0.4 is 4.90 Å². The molecule has 94 valence electrons. The van der Waals surface area contributed by atoms with Crippen LogP contribution in [-0.2, 0) is 9.59 Å². The van der Waals surface area contributed by atoms with E-state index in [1.54, 1.807) is 24.3 Å². The highest BCUT2D eigenvalue weighted by Gasteiger charge is 2.48. The lowest BCUT2D eigenvalue weighted by Crippen LogP contribution is -2.30. The van der Waals surface area contributed by atoms with E-state index in [1.165, 1.54) is 4.90 Å². The van der Waals surface area contributed by atoms with Gasteiger partial charge in [-0.3, -0.25) is 14.5 Å². The van der Waals surface area contributed by atoms with Gasteiger partial charge in [-0.2, -0.15) is 0 Å². The third-order valence-electron chi connectivity index (χ3n) is 3.91. The number of halogens is 1. The van der Waals surface area contributed by atoms with Crippen LogP contribution in [0, 0.1) is 11.8 Å². The number of hydrogen-bond acceptors (Lipinski definition) is 2. The molecule has 1 heterocycles. The molecule has 3 nitrogen and oxygen atoms in total. The molecule has 1 aliphatic heterocycles. The molecular formula is C14H14ClNO2. The topological polar surface area (TPSA) is 37.4 Å². The van der Waals surface area contributed by atoms with Crippen LogP contribution >= 0.6 is 11.6 Å². The quantitative estimate of drug-likeness (QED) is 0.731. The Labute approximate surface area is 111 Å². The summed E-state index contributed by atoms with van der Waals surface area (Å²) in [5, 5.41) is 0.544. The van der Waals surface area contributed by atoms with Gasteiger partial charge < -0.3 is 0 Å². The Morgan fingerprint density at radius 1 is 1.06 bits per heavy atom. The molecule has 0 spiro atoms. The molecule has 0 aromatic heterocycles. The molecule has 1 saturated carbocycles. The van der Waals surface area contributed by atoms with Crippen molar-refractivity contribution in [3.63, 3.8) is 0 Å². The average molecular weight is 264 g/mol. The molecule has 2 amide bonds. The minimum absolute atomic E-state index is 0.0491. The first kappa shape index (κ1) is 11.7. The Balaban J connectivity index is 1.97. The van der Waals surface area contributed by atoms with Gasteiger partial charge in [0.1, 0.15) is 0 Å². The summed E-state index contributed by atoms with van der Waals surface area (Å²) in [7, 11) is 0. The fourth-order valence-corrected chi connectivity index (χ4v) is 3.22. The lowest BCUT2D eigenvalue weighted by molar-refractivity contribution is -0.122. The zero-order valence-electron chi connectivity index (χ0n) is 9.93. The Kier molecular flexibility index (Phi) is 2.86. The predicted octanol–water partition coefficient (Wildman–Crippen LogP) is 3.02. The third-order valence-corrected chi connectivity index (χ3v) is 4.14. The van der Waals surface area contributed by atoms with Gasteiger partial charge in [-0.25, -0.2) is 0 Å². The molecule has 1 aliphatic carbocycles. The van der Waals surface area contributed by atoms with Gasteiger partial charge in [-0.05, 0) is 31.0 Å². The van der Waals surface area contributed by atoms with Crippen LogP contribution in [0.4, 0.5) is 5.69 Å². The van der Waals surface area contributed by atoms with E-state index in [1.807, 2.05) is 0 Å². The number of amides is 2. The Morgan fingerprint density at radius 3 is 2.22 bits per heavy atom. The number of anilines is 1. The van der Waals surface area contributed by atoms with Crippen molar-refractivity contribution in [2.24, 2.45) is 11.8 Å². The minimum atomic E-state index is -0.106. The van der Waals surface area contributed by atoms with Crippen LogP contribution in [-0.4, -0.2) is 11.8 Å². The summed E-state index contributed by atoms with van der Waals surface area (Å²) < 4.78 is 0. The van der Waals surface area contributed by atoms with Crippen molar-refractivity contribution in [1.82, 2.24) is 0 Å². The Morgan fingerprint density at radius 2 is 1.67 bits per heavy atom. The second-order valence-corrected chi connectivity index (χ2v) is 5.43. The van der Waals surface area contributed by atoms with Crippen molar-refractivity contribution in [1.29, 1.82) is 0 Å². The molecule has 0 unspecified atom stereocenters. The van der Waals surface area contributed by atoms with E-state index in [4.69, 9.17) is 11.6 Å². The lowest BCUT2D eigenvalue weighted by atomic mass is 9.81. The maximum Gasteiger partial charge on any atom is 0.237 e. The molecular weight excluding hydrogens is 250 g/mol. The number of carbonyl (C=O) groups is 2. The number of fused-ring (bicyclic) bond motifs is 1. The van der Waals surface area contributed by atoms with Crippen molar-refractivity contribution in [3.05, 3.63) is 29.3 Å². The molecule has 0 radical (unpaired) electrons. The predicted molar refractivity (Wildman–Crippen MR) is 69.4 cm³/mol. The van der Waals surface area contributed by atoms with Crippen LogP contribution in [0.5, 0.6) is 0 Å². The first-order valence-corrected chi connectivity index (χ1v) is 6.69. The average Bonchev–Trinajstić information content (AvgIpc) is 2.63. The fraction of sp³-hybridized carbons (Fsp3) is 0.429. The zero-order chi connectivity index (χ0) is 12.7. The summed E-state index contributed by atoms with van der Waals surface area (Å²) in [5.41, 5.74) is 0.604. The van der Waals surface area contributed by atoms with Crippen LogP contribution in [0.25, 0.3) is 0 Å². The molecule has 2 aliphatic rings. The van der Waals surface area contributed by atoms with Crippen molar-refractivity contribution < 1.29 is 9.59 Å². The van der Waals surface area contributed by atoms with E-state index in [0.717, 1.165) is 25.7 Å². The van der Waals surface area contributed by atoms with E-state index < -0.39 is 0 Å². The van der Waals surface area contributed by atoms with Crippen LogP contribution in [0.15, 0.2) is 24.3 Å². The summed E-state index contributed by atoms with van der Waals surface area (Å²) >= 11 is 5.92. The lowest BCUT2D eigenvalue weighted by Gasteiger charge is -2.19. The molecule has 0 bridgehead atoms. The number of hydrogen-bond donors (Lipinski definition) is 0. The first-order chi connectivity index (χ1) is 8.68. The number of carbonyl (C=O) groups excluding carboxylic acids is 2. The highest BCUT2D eigenvalue weighted by molar-refractivity contribution is 6.31. The fourth-order valence-electron chi connectivity index (χ4n) is 3.03. The molecule has 1 aromatic carbocycles. The maximum atomic E-state index is 12.3. The van der Waals surface area contributed by atoms with Crippen molar-refractivity contribution in [2.45, 2.75) is 25.7 Å². The van der Waals surface area contributed by atoms with E-state index in [0.29, 0.717) is 10.7 Å². The van der Waals surface area contributed by atoms with Gasteiger partial charge in [0.05, 0.1) is 17.5 Å². The number of benzene rings is 1. The molecule has 1 saturated heterocycles. The Bertz CT molecular complexity index is 490. The molecule has 2 atom stereocenters. The second kappa shape index (κ2) is 4.39. The second-order valence-electron chi connectivity index (χ2n) is 4.99. The van der Waals surface area contributed by atoms with Gasteiger partial charge >= 0.3 is 0 Å². The van der Waals surface area contributed by atoms with Gasteiger partial charge in [0.25, 0.3) is 0 Å². The first-order valence-electron chi connectivity index (χ1n) is 6.32. The SMILES string of the molecule is O=C1[C@H]2CCCC[C@@H]2C(=O)N1c1cccc(Cl)c1. The zero-order valence-corrected chi connectivity index (χ0v) is 10.7. The highest BCUT2D eigenvalue weighted by Crippen LogP contribution is 2.40. The van der Waals surface area contributed by atoms with Crippen LogP contribution in [0.1, 0.15) is 25.7 Å². The molecule has 2 fully saturated rings. The Hall–Kier alpha value is -1.35. The summed E-state index contributed by atoms with van der Waals surface area (Å²) in [4.78, 5) is 26.0. The third kappa shape index (κ3) is 1.74. The normalized spacial score (nSPS) is 27.5. The number of nitrogens with zero attached hydrogens (tertiary/aromatic N) is 1. The summed E-state index contributed by atoms with van der Waals surface area (Å²) in [5.74, 6) is -0.311. The molecule has 0 N–H and O–H groups in total.